The predicted octanol–water partition coefficient (Wildman–Crippen LogP) is 1.56. The molecule has 0 bridgehead atoms. The third-order valence-electron chi connectivity index (χ3n) is 4.41. The lowest BCUT2D eigenvalue weighted by molar-refractivity contribution is -0.884. The van der Waals surface area contributed by atoms with Crippen molar-refractivity contribution in [2.24, 2.45) is 5.92 Å². The van der Waals surface area contributed by atoms with E-state index in [2.05, 4.69) is 21.1 Å². The average Bonchev–Trinajstić information content (AvgIpc) is 2.81. The second-order valence-electron chi connectivity index (χ2n) is 7.57. The van der Waals surface area contributed by atoms with Crippen molar-refractivity contribution in [3.63, 3.8) is 0 Å². The molecule has 0 aromatic heterocycles. The predicted molar refractivity (Wildman–Crippen MR) is 96.1 cm³/mol. The van der Waals surface area contributed by atoms with Gasteiger partial charge in [-0.05, 0) is 12.5 Å². The van der Waals surface area contributed by atoms with E-state index in [-0.39, 0.29) is 17.0 Å². The lowest BCUT2D eigenvalue weighted by atomic mass is 9.92. The average molecular weight is 363 g/mol. The molecule has 1 aromatic rings. The molecule has 1 saturated heterocycles. The van der Waals surface area contributed by atoms with E-state index in [0.717, 1.165) is 17.7 Å². The minimum Gasteiger partial charge on any atom is -0.477 e. The van der Waals surface area contributed by atoms with Crippen LogP contribution in [-0.4, -0.2) is 64.1 Å². The van der Waals surface area contributed by atoms with Gasteiger partial charge in [-0.15, -0.1) is 0 Å². The Morgan fingerprint density at radius 1 is 1.32 bits per heavy atom. The topological polar surface area (TPSA) is 77.8 Å². The number of nitrogens with zero attached hydrogens (tertiary/aromatic N) is 2. The van der Waals surface area contributed by atoms with Crippen LogP contribution in [0.2, 0.25) is 0 Å². The molecule has 1 amide bonds. The van der Waals surface area contributed by atoms with Crippen LogP contribution in [0.1, 0.15) is 18.1 Å². The molecule has 0 saturated carbocycles. The minimum absolute atomic E-state index is 0.0331. The molecule has 2 aliphatic heterocycles. The SMILES string of the molecule is C[C@@H](O)[C@H]1C(=O)N2C(C(=O)O)=C(c3ccccc3C[N+](C)(C)C)S[C@H]12. The van der Waals surface area contributed by atoms with Gasteiger partial charge in [0, 0.05) is 10.5 Å². The van der Waals surface area contributed by atoms with Crippen molar-refractivity contribution in [3.05, 3.63) is 41.1 Å². The Morgan fingerprint density at radius 3 is 2.52 bits per heavy atom. The van der Waals surface area contributed by atoms with E-state index in [1.54, 1.807) is 6.92 Å². The third kappa shape index (κ3) is 3.07. The zero-order valence-electron chi connectivity index (χ0n) is 14.8. The van der Waals surface area contributed by atoms with Crippen molar-refractivity contribution in [2.45, 2.75) is 24.9 Å². The number of carboxylic acid groups (broad SMARTS) is 1. The summed E-state index contributed by atoms with van der Waals surface area (Å²) in [7, 11) is 6.22. The third-order valence-corrected chi connectivity index (χ3v) is 5.80. The maximum atomic E-state index is 12.3. The normalized spacial score (nSPS) is 24.2. The Balaban J connectivity index is 2.06. The first kappa shape index (κ1) is 18.0. The Hall–Kier alpha value is -1.83. The number of rotatable bonds is 5. The quantitative estimate of drug-likeness (QED) is 0.613. The number of carbonyl (C=O) groups excluding carboxylic acids is 1. The summed E-state index contributed by atoms with van der Waals surface area (Å²) >= 11 is 1.37. The minimum atomic E-state index is -1.11. The van der Waals surface area contributed by atoms with Crippen LogP contribution in [0.3, 0.4) is 0 Å². The second-order valence-corrected chi connectivity index (χ2v) is 8.70. The number of hydrogen-bond donors (Lipinski definition) is 2. The lowest BCUT2D eigenvalue weighted by Crippen LogP contribution is -2.60. The first-order valence-electron chi connectivity index (χ1n) is 8.16. The molecule has 0 spiro atoms. The highest BCUT2D eigenvalue weighted by Crippen LogP contribution is 2.54. The molecule has 0 aliphatic carbocycles. The molecular weight excluding hydrogens is 340 g/mol. The number of carbonyl (C=O) groups is 2. The second kappa shape index (κ2) is 6.16. The van der Waals surface area contributed by atoms with Crippen molar-refractivity contribution >= 4 is 28.5 Å². The number of thioether (sulfide) groups is 1. The van der Waals surface area contributed by atoms with E-state index in [9.17, 15) is 19.8 Å². The zero-order chi connectivity index (χ0) is 18.5. The number of carboxylic acids is 1. The molecule has 3 rings (SSSR count). The molecule has 2 aliphatic rings. The van der Waals surface area contributed by atoms with Gasteiger partial charge in [0.15, 0.2) is 0 Å². The summed E-state index contributed by atoms with van der Waals surface area (Å²) in [5.74, 6) is -1.98. The van der Waals surface area contributed by atoms with Crippen molar-refractivity contribution < 1.29 is 24.3 Å². The van der Waals surface area contributed by atoms with Gasteiger partial charge in [0.1, 0.15) is 17.6 Å². The molecular formula is C18H23N2O4S+. The largest absolute Gasteiger partial charge is 0.477 e. The summed E-state index contributed by atoms with van der Waals surface area (Å²) in [5, 5.41) is 19.2. The molecule has 25 heavy (non-hydrogen) atoms. The number of hydrogen-bond acceptors (Lipinski definition) is 4. The number of benzene rings is 1. The van der Waals surface area contributed by atoms with Crippen molar-refractivity contribution in [1.82, 2.24) is 4.90 Å². The smallest absolute Gasteiger partial charge is 0.353 e. The number of aliphatic hydroxyl groups excluding tert-OH is 1. The summed E-state index contributed by atoms with van der Waals surface area (Å²) in [6, 6.07) is 7.72. The van der Waals surface area contributed by atoms with E-state index in [1.807, 2.05) is 24.3 Å². The van der Waals surface area contributed by atoms with Crippen molar-refractivity contribution in [3.8, 4) is 0 Å². The number of β-lactam (4-membered cyclic amide) rings is 1. The van der Waals surface area contributed by atoms with Crippen LogP contribution in [0.15, 0.2) is 30.0 Å². The number of quaternary nitrogens is 1. The highest BCUT2D eigenvalue weighted by Gasteiger charge is 2.57. The van der Waals surface area contributed by atoms with Crippen molar-refractivity contribution in [1.29, 1.82) is 0 Å². The first-order valence-corrected chi connectivity index (χ1v) is 9.04. The molecule has 134 valence electrons. The van der Waals surface area contributed by atoms with Gasteiger partial charge in [0.2, 0.25) is 5.91 Å². The molecule has 2 heterocycles. The number of amides is 1. The molecule has 7 heteroatoms. The Morgan fingerprint density at radius 2 is 1.96 bits per heavy atom. The fourth-order valence-electron chi connectivity index (χ4n) is 3.36. The van der Waals surface area contributed by atoms with Crippen LogP contribution >= 0.6 is 11.8 Å². The van der Waals surface area contributed by atoms with Crippen LogP contribution in [0.25, 0.3) is 4.91 Å². The standard InChI is InChI=1S/C18H22N2O4S/c1-10(21)13-16(22)19-14(18(23)24)15(25-17(13)19)12-8-6-5-7-11(12)9-20(2,3)4/h5-8,10,13,17,21H,9H2,1-4H3/p+1/t10-,13+,17-/m1/s1. The first-order chi connectivity index (χ1) is 11.6. The summed E-state index contributed by atoms with van der Waals surface area (Å²) in [4.78, 5) is 26.1. The van der Waals surface area contributed by atoms with E-state index < -0.39 is 18.0 Å². The number of aliphatic carboxylic acids is 1. The van der Waals surface area contributed by atoms with Gasteiger partial charge in [-0.2, -0.15) is 0 Å². The molecule has 6 nitrogen and oxygen atoms in total. The maximum Gasteiger partial charge on any atom is 0.353 e. The summed E-state index contributed by atoms with van der Waals surface area (Å²) < 4.78 is 0.708. The van der Waals surface area contributed by atoms with Gasteiger partial charge in [0.05, 0.1) is 33.2 Å². The van der Waals surface area contributed by atoms with Gasteiger partial charge >= 0.3 is 5.97 Å². The summed E-state index contributed by atoms with van der Waals surface area (Å²) in [6.45, 7) is 2.31. The van der Waals surface area contributed by atoms with E-state index in [1.165, 1.54) is 16.7 Å². The Labute approximate surface area is 151 Å². The molecule has 2 N–H and O–H groups in total. The van der Waals surface area contributed by atoms with Gasteiger partial charge in [-0.1, -0.05) is 36.0 Å². The summed E-state index contributed by atoms with van der Waals surface area (Å²) in [6.07, 6.45) is -0.794. The van der Waals surface area contributed by atoms with E-state index in [0.29, 0.717) is 9.39 Å². The van der Waals surface area contributed by atoms with Gasteiger partial charge in [0.25, 0.3) is 0 Å². The van der Waals surface area contributed by atoms with Gasteiger partial charge < -0.3 is 14.7 Å². The monoisotopic (exact) mass is 363 g/mol. The number of aliphatic hydroxyl groups is 1. The fraction of sp³-hybridized carbons (Fsp3) is 0.444. The van der Waals surface area contributed by atoms with E-state index in [4.69, 9.17) is 0 Å². The Kier molecular flexibility index (Phi) is 4.43. The molecule has 0 unspecified atom stereocenters. The van der Waals surface area contributed by atoms with Crippen molar-refractivity contribution in [2.75, 3.05) is 21.1 Å². The van der Waals surface area contributed by atoms with Crippen LogP contribution < -0.4 is 0 Å². The van der Waals surface area contributed by atoms with E-state index >= 15 is 0 Å². The van der Waals surface area contributed by atoms with Crippen LogP contribution in [0.5, 0.6) is 0 Å². The van der Waals surface area contributed by atoms with Crippen LogP contribution in [0, 0.1) is 5.92 Å². The van der Waals surface area contributed by atoms with Gasteiger partial charge in [-0.3, -0.25) is 9.69 Å². The fourth-order valence-corrected chi connectivity index (χ4v) is 5.03. The lowest BCUT2D eigenvalue weighted by Gasteiger charge is -2.43. The number of fused-ring (bicyclic) bond motifs is 1. The van der Waals surface area contributed by atoms with Gasteiger partial charge in [-0.25, -0.2) is 4.79 Å². The summed E-state index contributed by atoms with van der Waals surface area (Å²) in [5.41, 5.74) is 1.93. The Bertz CT molecular complexity index is 767. The molecule has 3 atom stereocenters. The molecule has 1 fully saturated rings. The van der Waals surface area contributed by atoms with Crippen LogP contribution in [-0.2, 0) is 16.1 Å². The van der Waals surface area contributed by atoms with Crippen LogP contribution in [0.4, 0.5) is 0 Å². The highest BCUT2D eigenvalue weighted by atomic mass is 32.2. The maximum absolute atomic E-state index is 12.3. The molecule has 0 radical (unpaired) electrons. The highest BCUT2D eigenvalue weighted by molar-refractivity contribution is 8.09. The molecule has 1 aromatic carbocycles. The zero-order valence-corrected chi connectivity index (χ0v) is 15.6.